The van der Waals surface area contributed by atoms with E-state index < -0.39 is 0 Å². The summed E-state index contributed by atoms with van der Waals surface area (Å²) in [5.41, 5.74) is 5.33. The fourth-order valence-corrected chi connectivity index (χ4v) is 3.03. The molecule has 2 heterocycles. The van der Waals surface area contributed by atoms with Crippen molar-refractivity contribution in [1.29, 1.82) is 0 Å². The highest BCUT2D eigenvalue weighted by Gasteiger charge is 2.10. The first-order valence-corrected chi connectivity index (χ1v) is 8.51. The molecule has 5 nitrogen and oxygen atoms in total. The van der Waals surface area contributed by atoms with E-state index in [0.29, 0.717) is 0 Å². The Hall–Kier alpha value is -3.34. The van der Waals surface area contributed by atoms with Gasteiger partial charge in [-0.25, -0.2) is 4.98 Å². The third-order valence-corrected chi connectivity index (χ3v) is 4.29. The predicted octanol–water partition coefficient (Wildman–Crippen LogP) is 4.38. The average Bonchev–Trinajstić information content (AvgIpc) is 3.06. The molecule has 0 saturated heterocycles. The topological polar surface area (TPSA) is 51.5 Å². The van der Waals surface area contributed by atoms with Crippen LogP contribution in [0.15, 0.2) is 67.0 Å². The summed E-state index contributed by atoms with van der Waals surface area (Å²) in [6, 6.07) is 18.3. The van der Waals surface area contributed by atoms with E-state index in [9.17, 15) is 0 Å². The van der Waals surface area contributed by atoms with Crippen LogP contribution in [0.5, 0.6) is 5.75 Å². The van der Waals surface area contributed by atoms with Crippen molar-refractivity contribution in [1.82, 2.24) is 14.6 Å². The van der Waals surface area contributed by atoms with Gasteiger partial charge in [-0.3, -0.25) is 0 Å². The number of aryl methyl sites for hydroxylation is 1. The molecule has 0 atom stereocenters. The second-order valence-electron chi connectivity index (χ2n) is 6.26. The van der Waals surface area contributed by atoms with Crippen LogP contribution in [0.1, 0.15) is 16.7 Å². The van der Waals surface area contributed by atoms with E-state index in [2.05, 4.69) is 40.5 Å². The molecular formula is C21H20N4O. The SMILES string of the molecule is COc1cccc(Cc2cnn3c(Nc4cccc(C)c4)ccnc23)c1. The lowest BCUT2D eigenvalue weighted by molar-refractivity contribution is 0.414. The van der Waals surface area contributed by atoms with Crippen LogP contribution in [-0.2, 0) is 6.42 Å². The molecule has 2 aromatic heterocycles. The van der Waals surface area contributed by atoms with Gasteiger partial charge >= 0.3 is 0 Å². The summed E-state index contributed by atoms with van der Waals surface area (Å²) in [4.78, 5) is 4.53. The normalized spacial score (nSPS) is 10.8. The number of fused-ring (bicyclic) bond motifs is 1. The van der Waals surface area contributed by atoms with Gasteiger partial charge < -0.3 is 10.1 Å². The van der Waals surface area contributed by atoms with E-state index in [1.165, 1.54) is 5.56 Å². The molecule has 0 bridgehead atoms. The number of methoxy groups -OCH3 is 1. The van der Waals surface area contributed by atoms with Gasteiger partial charge in [0.05, 0.1) is 13.3 Å². The number of ether oxygens (including phenoxy) is 1. The Bertz CT molecular complexity index is 1050. The summed E-state index contributed by atoms with van der Waals surface area (Å²) < 4.78 is 7.16. The van der Waals surface area contributed by atoms with Gasteiger partial charge in [0.25, 0.3) is 0 Å². The molecule has 0 aliphatic heterocycles. The van der Waals surface area contributed by atoms with Gasteiger partial charge in [0.1, 0.15) is 11.6 Å². The Morgan fingerprint density at radius 2 is 1.96 bits per heavy atom. The average molecular weight is 344 g/mol. The molecule has 130 valence electrons. The molecule has 0 fully saturated rings. The Labute approximate surface area is 152 Å². The van der Waals surface area contributed by atoms with Gasteiger partial charge in [0.15, 0.2) is 5.65 Å². The van der Waals surface area contributed by atoms with E-state index >= 15 is 0 Å². The van der Waals surface area contributed by atoms with Crippen LogP contribution in [0, 0.1) is 6.92 Å². The summed E-state index contributed by atoms with van der Waals surface area (Å²) in [6.45, 7) is 2.08. The van der Waals surface area contributed by atoms with E-state index in [0.717, 1.165) is 40.4 Å². The monoisotopic (exact) mass is 344 g/mol. The molecule has 1 N–H and O–H groups in total. The number of rotatable bonds is 5. The van der Waals surface area contributed by atoms with Crippen molar-refractivity contribution < 1.29 is 4.74 Å². The van der Waals surface area contributed by atoms with Gasteiger partial charge in [-0.05, 0) is 48.4 Å². The summed E-state index contributed by atoms with van der Waals surface area (Å²) >= 11 is 0. The molecule has 2 aromatic carbocycles. The number of anilines is 2. The lowest BCUT2D eigenvalue weighted by Crippen LogP contribution is -2.01. The van der Waals surface area contributed by atoms with Crippen LogP contribution in [0.4, 0.5) is 11.5 Å². The van der Waals surface area contributed by atoms with Crippen LogP contribution >= 0.6 is 0 Å². The van der Waals surface area contributed by atoms with Crippen molar-refractivity contribution in [3.05, 3.63) is 83.7 Å². The molecule has 0 amide bonds. The van der Waals surface area contributed by atoms with Crippen molar-refractivity contribution in [2.75, 3.05) is 12.4 Å². The van der Waals surface area contributed by atoms with E-state index in [1.54, 1.807) is 7.11 Å². The molecule has 0 saturated carbocycles. The molecule has 4 aromatic rings. The van der Waals surface area contributed by atoms with Gasteiger partial charge in [-0.15, -0.1) is 0 Å². The van der Waals surface area contributed by atoms with Crippen LogP contribution < -0.4 is 10.1 Å². The van der Waals surface area contributed by atoms with Crippen molar-refractivity contribution >= 4 is 17.2 Å². The molecular weight excluding hydrogens is 324 g/mol. The molecule has 5 heteroatoms. The van der Waals surface area contributed by atoms with E-state index in [1.807, 2.05) is 53.3 Å². The molecule has 26 heavy (non-hydrogen) atoms. The molecule has 0 spiro atoms. The predicted molar refractivity (Wildman–Crippen MR) is 103 cm³/mol. The van der Waals surface area contributed by atoms with Gasteiger partial charge in [-0.2, -0.15) is 9.61 Å². The molecule has 4 rings (SSSR count). The molecule has 0 radical (unpaired) electrons. The number of nitrogens with one attached hydrogen (secondary N) is 1. The van der Waals surface area contributed by atoms with Gasteiger partial charge in [0, 0.05) is 23.9 Å². The lowest BCUT2D eigenvalue weighted by Gasteiger charge is -2.09. The fraction of sp³-hybridized carbons (Fsp3) is 0.143. The zero-order valence-corrected chi connectivity index (χ0v) is 14.8. The zero-order valence-electron chi connectivity index (χ0n) is 14.8. The Kier molecular flexibility index (Phi) is 4.27. The van der Waals surface area contributed by atoms with Crippen LogP contribution in [0.25, 0.3) is 5.65 Å². The fourth-order valence-electron chi connectivity index (χ4n) is 3.03. The standard InChI is InChI=1S/C21H20N4O/c1-15-5-3-7-18(11-15)24-20-9-10-22-21-17(14-23-25(20)21)12-16-6-4-8-19(13-16)26-2/h3-11,13-14,24H,12H2,1-2H3. The van der Waals surface area contributed by atoms with Crippen LogP contribution in [0.2, 0.25) is 0 Å². The molecule has 0 aliphatic rings. The molecule has 0 unspecified atom stereocenters. The van der Waals surface area contributed by atoms with Crippen LogP contribution in [0.3, 0.4) is 0 Å². The minimum Gasteiger partial charge on any atom is -0.497 e. The number of hydrogen-bond acceptors (Lipinski definition) is 4. The maximum atomic E-state index is 5.31. The number of aromatic nitrogens is 3. The summed E-state index contributed by atoms with van der Waals surface area (Å²) in [5.74, 6) is 1.74. The minimum absolute atomic E-state index is 0.752. The van der Waals surface area contributed by atoms with Crippen molar-refractivity contribution in [3.63, 3.8) is 0 Å². The summed E-state index contributed by atoms with van der Waals surface area (Å²) in [6.07, 6.45) is 4.44. The Morgan fingerprint density at radius 1 is 1.08 bits per heavy atom. The molecule has 0 aliphatic carbocycles. The summed E-state index contributed by atoms with van der Waals surface area (Å²) in [5, 5.41) is 7.96. The smallest absolute Gasteiger partial charge is 0.160 e. The third kappa shape index (κ3) is 3.24. The van der Waals surface area contributed by atoms with Gasteiger partial charge in [-0.1, -0.05) is 24.3 Å². The van der Waals surface area contributed by atoms with Crippen LogP contribution in [-0.4, -0.2) is 21.7 Å². The lowest BCUT2D eigenvalue weighted by atomic mass is 10.1. The first-order chi connectivity index (χ1) is 12.7. The largest absolute Gasteiger partial charge is 0.497 e. The van der Waals surface area contributed by atoms with E-state index in [4.69, 9.17) is 4.74 Å². The van der Waals surface area contributed by atoms with Crippen molar-refractivity contribution in [2.24, 2.45) is 0 Å². The number of hydrogen-bond donors (Lipinski definition) is 1. The van der Waals surface area contributed by atoms with Crippen molar-refractivity contribution in [2.45, 2.75) is 13.3 Å². The highest BCUT2D eigenvalue weighted by molar-refractivity contribution is 5.61. The quantitative estimate of drug-likeness (QED) is 0.584. The maximum absolute atomic E-state index is 5.31. The highest BCUT2D eigenvalue weighted by atomic mass is 16.5. The van der Waals surface area contributed by atoms with Gasteiger partial charge in [0.2, 0.25) is 0 Å². The first kappa shape index (κ1) is 16.1. The highest BCUT2D eigenvalue weighted by Crippen LogP contribution is 2.22. The number of nitrogens with zero attached hydrogens (tertiary/aromatic N) is 3. The Balaban J connectivity index is 1.66. The summed E-state index contributed by atoms with van der Waals surface area (Å²) in [7, 11) is 1.68. The maximum Gasteiger partial charge on any atom is 0.160 e. The second-order valence-corrected chi connectivity index (χ2v) is 6.26. The second kappa shape index (κ2) is 6.88. The minimum atomic E-state index is 0.752. The van der Waals surface area contributed by atoms with E-state index in [-0.39, 0.29) is 0 Å². The van der Waals surface area contributed by atoms with Crippen molar-refractivity contribution in [3.8, 4) is 5.75 Å². The third-order valence-electron chi connectivity index (χ3n) is 4.29. The zero-order chi connectivity index (χ0) is 17.9. The Morgan fingerprint density at radius 3 is 2.81 bits per heavy atom. The first-order valence-electron chi connectivity index (χ1n) is 8.51. The number of benzene rings is 2.